The van der Waals surface area contributed by atoms with Gasteiger partial charge in [0.1, 0.15) is 0 Å². The Morgan fingerprint density at radius 3 is 2.76 bits per heavy atom. The lowest BCUT2D eigenvalue weighted by Gasteiger charge is -2.15. The van der Waals surface area contributed by atoms with Gasteiger partial charge in [0.05, 0.1) is 14.2 Å². The van der Waals surface area contributed by atoms with Crippen LogP contribution >= 0.6 is 0 Å². The number of esters is 1. The van der Waals surface area contributed by atoms with Gasteiger partial charge in [0.15, 0.2) is 11.6 Å². The molecule has 0 spiro atoms. The molecule has 0 amide bonds. The summed E-state index contributed by atoms with van der Waals surface area (Å²) in [5.74, 6) is -0.667. The molecule has 1 aromatic rings. The van der Waals surface area contributed by atoms with Crippen LogP contribution in [0.3, 0.4) is 0 Å². The van der Waals surface area contributed by atoms with Crippen LogP contribution < -0.4 is 10.5 Å². The zero-order chi connectivity index (χ0) is 12.8. The zero-order valence-corrected chi connectivity index (χ0v) is 9.90. The van der Waals surface area contributed by atoms with Gasteiger partial charge in [-0.2, -0.15) is 0 Å². The minimum Gasteiger partial charge on any atom is -0.493 e. The number of benzene rings is 1. The van der Waals surface area contributed by atoms with Gasteiger partial charge in [-0.15, -0.1) is 0 Å². The van der Waals surface area contributed by atoms with Gasteiger partial charge in [-0.05, 0) is 12.5 Å². The molecule has 1 unspecified atom stereocenters. The normalized spacial score (nSPS) is 12.0. The molecular formula is C12H16FNO3. The topological polar surface area (TPSA) is 61.5 Å². The highest BCUT2D eigenvalue weighted by Gasteiger charge is 2.16. The Balaban J connectivity index is 2.78. The Morgan fingerprint density at radius 2 is 2.18 bits per heavy atom. The van der Waals surface area contributed by atoms with E-state index >= 15 is 0 Å². The van der Waals surface area contributed by atoms with Crippen molar-refractivity contribution in [3.63, 3.8) is 0 Å². The molecule has 0 aliphatic heterocycles. The number of ether oxygens (including phenoxy) is 2. The van der Waals surface area contributed by atoms with Crippen LogP contribution in [0.15, 0.2) is 18.2 Å². The third-order valence-electron chi connectivity index (χ3n) is 2.49. The second-order valence-electron chi connectivity index (χ2n) is 3.58. The van der Waals surface area contributed by atoms with E-state index in [1.807, 2.05) is 0 Å². The number of nitrogens with two attached hydrogens (primary N) is 1. The summed E-state index contributed by atoms with van der Waals surface area (Å²) in [4.78, 5) is 11.0. The Kier molecular flexibility index (Phi) is 4.90. The molecule has 0 aliphatic rings. The minimum absolute atomic E-state index is 0.130. The molecule has 0 aromatic heterocycles. The molecule has 1 atom stereocenters. The van der Waals surface area contributed by atoms with E-state index in [2.05, 4.69) is 4.74 Å². The molecule has 0 aliphatic carbocycles. The first-order valence-corrected chi connectivity index (χ1v) is 5.25. The fourth-order valence-corrected chi connectivity index (χ4v) is 1.56. The van der Waals surface area contributed by atoms with Gasteiger partial charge >= 0.3 is 5.97 Å². The van der Waals surface area contributed by atoms with Crippen molar-refractivity contribution in [2.45, 2.75) is 18.9 Å². The van der Waals surface area contributed by atoms with Crippen molar-refractivity contribution in [1.29, 1.82) is 0 Å². The third-order valence-corrected chi connectivity index (χ3v) is 2.49. The largest absolute Gasteiger partial charge is 0.493 e. The van der Waals surface area contributed by atoms with Crippen LogP contribution in [0.4, 0.5) is 4.39 Å². The van der Waals surface area contributed by atoms with Gasteiger partial charge < -0.3 is 15.2 Å². The van der Waals surface area contributed by atoms with Crippen LogP contribution in [0.1, 0.15) is 24.4 Å². The minimum atomic E-state index is -0.460. The molecule has 2 N–H and O–H groups in total. The standard InChI is InChI=1S/C12H16FNO3/c1-16-11(15)7-6-10(14)8-4-3-5-9(13)12(8)17-2/h3-5,10H,6-7,14H2,1-2H3. The number of carbonyl (C=O) groups is 1. The van der Waals surface area contributed by atoms with Gasteiger partial charge in [0.2, 0.25) is 0 Å². The number of methoxy groups -OCH3 is 2. The molecule has 0 bridgehead atoms. The number of hydrogen-bond acceptors (Lipinski definition) is 4. The van der Waals surface area contributed by atoms with Crippen molar-refractivity contribution in [3.05, 3.63) is 29.6 Å². The van der Waals surface area contributed by atoms with Crippen LogP contribution in [-0.2, 0) is 9.53 Å². The molecule has 0 heterocycles. The second kappa shape index (κ2) is 6.20. The molecule has 0 saturated carbocycles. The quantitative estimate of drug-likeness (QED) is 0.798. The molecule has 1 aromatic carbocycles. The first-order chi connectivity index (χ1) is 8.10. The van der Waals surface area contributed by atoms with Gasteiger partial charge in [-0.3, -0.25) is 4.79 Å². The lowest BCUT2D eigenvalue weighted by atomic mass is 10.0. The maximum atomic E-state index is 13.4. The summed E-state index contributed by atoms with van der Waals surface area (Å²) in [6.07, 6.45) is 0.573. The average Bonchev–Trinajstić information content (AvgIpc) is 2.35. The van der Waals surface area contributed by atoms with Gasteiger partial charge in [-0.1, -0.05) is 12.1 Å². The molecule has 94 valence electrons. The van der Waals surface area contributed by atoms with Crippen molar-refractivity contribution in [2.24, 2.45) is 5.73 Å². The summed E-state index contributed by atoms with van der Waals surface area (Å²) < 4.78 is 22.9. The molecular weight excluding hydrogens is 225 g/mol. The molecule has 0 saturated heterocycles. The first kappa shape index (κ1) is 13.4. The van der Waals surface area contributed by atoms with E-state index in [-0.39, 0.29) is 18.1 Å². The summed E-state index contributed by atoms with van der Waals surface area (Å²) in [5, 5.41) is 0. The summed E-state index contributed by atoms with van der Waals surface area (Å²) in [5.41, 5.74) is 6.44. The van der Waals surface area contributed by atoms with Crippen molar-refractivity contribution >= 4 is 5.97 Å². The molecule has 5 heteroatoms. The smallest absolute Gasteiger partial charge is 0.305 e. The van der Waals surface area contributed by atoms with E-state index in [1.165, 1.54) is 20.3 Å². The van der Waals surface area contributed by atoms with Gasteiger partial charge in [-0.25, -0.2) is 4.39 Å². The van der Waals surface area contributed by atoms with E-state index in [0.29, 0.717) is 12.0 Å². The predicted molar refractivity (Wildman–Crippen MR) is 61.1 cm³/mol. The number of hydrogen-bond donors (Lipinski definition) is 1. The lowest BCUT2D eigenvalue weighted by molar-refractivity contribution is -0.140. The number of rotatable bonds is 5. The van der Waals surface area contributed by atoms with Crippen LogP contribution in [0.25, 0.3) is 0 Å². The number of halogens is 1. The van der Waals surface area contributed by atoms with Crippen LogP contribution in [-0.4, -0.2) is 20.2 Å². The van der Waals surface area contributed by atoms with Crippen molar-refractivity contribution < 1.29 is 18.7 Å². The summed E-state index contributed by atoms with van der Waals surface area (Å²) in [6, 6.07) is 4.09. The fraction of sp³-hybridized carbons (Fsp3) is 0.417. The second-order valence-corrected chi connectivity index (χ2v) is 3.58. The first-order valence-electron chi connectivity index (χ1n) is 5.25. The van der Waals surface area contributed by atoms with Crippen molar-refractivity contribution in [3.8, 4) is 5.75 Å². The Hall–Kier alpha value is -1.62. The maximum absolute atomic E-state index is 13.4. The van der Waals surface area contributed by atoms with E-state index in [9.17, 15) is 9.18 Å². The van der Waals surface area contributed by atoms with Crippen molar-refractivity contribution in [1.82, 2.24) is 0 Å². The Labute approximate surface area is 99.5 Å². The zero-order valence-electron chi connectivity index (χ0n) is 9.90. The summed E-state index contributed by atoms with van der Waals surface area (Å²) >= 11 is 0. The van der Waals surface area contributed by atoms with Gasteiger partial charge in [0.25, 0.3) is 0 Å². The Bertz CT molecular complexity index is 395. The van der Waals surface area contributed by atoms with Crippen molar-refractivity contribution in [2.75, 3.05) is 14.2 Å². The maximum Gasteiger partial charge on any atom is 0.305 e. The summed E-state index contributed by atoms with van der Waals surface area (Å²) in [6.45, 7) is 0. The highest BCUT2D eigenvalue weighted by atomic mass is 19.1. The van der Waals surface area contributed by atoms with E-state index in [0.717, 1.165) is 0 Å². The Morgan fingerprint density at radius 1 is 1.47 bits per heavy atom. The molecule has 0 fully saturated rings. The molecule has 17 heavy (non-hydrogen) atoms. The van der Waals surface area contributed by atoms with Crippen LogP contribution in [0.2, 0.25) is 0 Å². The summed E-state index contributed by atoms with van der Waals surface area (Å²) in [7, 11) is 2.70. The van der Waals surface area contributed by atoms with Gasteiger partial charge in [0, 0.05) is 18.0 Å². The van der Waals surface area contributed by atoms with E-state index in [4.69, 9.17) is 10.5 Å². The molecule has 4 nitrogen and oxygen atoms in total. The van der Waals surface area contributed by atoms with E-state index < -0.39 is 11.9 Å². The van der Waals surface area contributed by atoms with Crippen LogP contribution in [0, 0.1) is 5.82 Å². The average molecular weight is 241 g/mol. The van der Waals surface area contributed by atoms with Crippen LogP contribution in [0.5, 0.6) is 5.75 Å². The van der Waals surface area contributed by atoms with E-state index in [1.54, 1.807) is 12.1 Å². The number of para-hydroxylation sites is 1. The molecule has 1 rings (SSSR count). The number of carbonyl (C=O) groups excluding carboxylic acids is 1. The lowest BCUT2D eigenvalue weighted by Crippen LogP contribution is -2.14. The highest BCUT2D eigenvalue weighted by Crippen LogP contribution is 2.28. The highest BCUT2D eigenvalue weighted by molar-refractivity contribution is 5.69. The molecule has 0 radical (unpaired) electrons. The third kappa shape index (κ3) is 3.42. The predicted octanol–water partition coefficient (Wildman–Crippen LogP) is 1.79. The SMILES string of the molecule is COC(=O)CCC(N)c1cccc(F)c1OC. The monoisotopic (exact) mass is 241 g/mol. The fourth-order valence-electron chi connectivity index (χ4n) is 1.56.